The maximum absolute atomic E-state index is 10.8. The zero-order valence-corrected chi connectivity index (χ0v) is 13.2. The van der Waals surface area contributed by atoms with Crippen molar-refractivity contribution in [3.8, 4) is 0 Å². The predicted molar refractivity (Wildman–Crippen MR) is 90.5 cm³/mol. The van der Waals surface area contributed by atoms with Gasteiger partial charge < -0.3 is 0 Å². The summed E-state index contributed by atoms with van der Waals surface area (Å²) >= 11 is 6.04. The SMILES string of the molecule is CC[C@H](C)c1ccc(N=Cc2cc([N+](=O)[O-])ccc2Cl)cc1. The lowest BCUT2D eigenvalue weighted by Crippen LogP contribution is -1.91. The van der Waals surface area contributed by atoms with Crippen molar-refractivity contribution in [2.75, 3.05) is 0 Å². The van der Waals surface area contributed by atoms with Crippen LogP contribution in [0.1, 0.15) is 37.3 Å². The maximum atomic E-state index is 10.8. The third-order valence-corrected chi connectivity index (χ3v) is 3.96. The molecule has 0 unspecified atom stereocenters. The molecule has 114 valence electrons. The highest BCUT2D eigenvalue weighted by atomic mass is 35.5. The molecular weight excluding hydrogens is 300 g/mol. The van der Waals surface area contributed by atoms with Gasteiger partial charge in [0.2, 0.25) is 0 Å². The Morgan fingerprint density at radius 1 is 1.27 bits per heavy atom. The van der Waals surface area contributed by atoms with Gasteiger partial charge in [0.25, 0.3) is 5.69 Å². The Bertz CT molecular complexity index is 696. The van der Waals surface area contributed by atoms with Gasteiger partial charge in [0.1, 0.15) is 0 Å². The lowest BCUT2D eigenvalue weighted by Gasteiger charge is -2.08. The number of hydrogen-bond donors (Lipinski definition) is 0. The van der Waals surface area contributed by atoms with Crippen molar-refractivity contribution in [1.82, 2.24) is 0 Å². The summed E-state index contributed by atoms with van der Waals surface area (Å²) in [6, 6.07) is 12.3. The Morgan fingerprint density at radius 2 is 1.95 bits per heavy atom. The van der Waals surface area contributed by atoms with E-state index in [0.717, 1.165) is 12.1 Å². The molecule has 1 atom stereocenters. The predicted octanol–water partition coefficient (Wildman–Crippen LogP) is 5.51. The molecule has 22 heavy (non-hydrogen) atoms. The number of aliphatic imine (C=N–C) groups is 1. The standard InChI is InChI=1S/C17H17ClN2O2/c1-3-12(2)13-4-6-15(7-5-13)19-11-14-10-16(20(21)22)8-9-17(14)18/h4-12H,3H2,1-2H3/t12-/m0/s1. The number of nitrogens with zero attached hydrogens (tertiary/aromatic N) is 2. The number of nitro benzene ring substituents is 1. The van der Waals surface area contributed by atoms with E-state index in [9.17, 15) is 10.1 Å². The molecule has 0 saturated heterocycles. The number of benzene rings is 2. The largest absolute Gasteiger partial charge is 0.270 e. The van der Waals surface area contributed by atoms with Crippen LogP contribution in [0.15, 0.2) is 47.5 Å². The van der Waals surface area contributed by atoms with Gasteiger partial charge in [-0.2, -0.15) is 0 Å². The molecule has 0 spiro atoms. The summed E-state index contributed by atoms with van der Waals surface area (Å²) < 4.78 is 0. The number of non-ortho nitro benzene ring substituents is 1. The molecule has 0 aliphatic heterocycles. The minimum absolute atomic E-state index is 0.00188. The number of rotatable bonds is 5. The van der Waals surface area contributed by atoms with Crippen molar-refractivity contribution in [2.24, 2.45) is 4.99 Å². The monoisotopic (exact) mass is 316 g/mol. The molecule has 2 rings (SSSR count). The quantitative estimate of drug-likeness (QED) is 0.414. The van der Waals surface area contributed by atoms with Crippen LogP contribution in [0.3, 0.4) is 0 Å². The number of halogens is 1. The maximum Gasteiger partial charge on any atom is 0.270 e. The van der Waals surface area contributed by atoms with Crippen LogP contribution in [0.2, 0.25) is 5.02 Å². The first-order chi connectivity index (χ1) is 10.5. The fourth-order valence-electron chi connectivity index (χ4n) is 2.01. The summed E-state index contributed by atoms with van der Waals surface area (Å²) in [5, 5.41) is 11.2. The van der Waals surface area contributed by atoms with Crippen molar-refractivity contribution in [3.63, 3.8) is 0 Å². The molecule has 0 fully saturated rings. The molecule has 0 aromatic heterocycles. The van der Waals surface area contributed by atoms with Crippen LogP contribution in [-0.2, 0) is 0 Å². The molecular formula is C17H17ClN2O2. The van der Waals surface area contributed by atoms with Gasteiger partial charge in [-0.1, -0.05) is 37.6 Å². The van der Waals surface area contributed by atoms with Gasteiger partial charge in [-0.3, -0.25) is 15.1 Å². The van der Waals surface area contributed by atoms with Gasteiger partial charge in [-0.25, -0.2) is 0 Å². The second kappa shape index (κ2) is 7.18. The van der Waals surface area contributed by atoms with E-state index in [-0.39, 0.29) is 5.69 Å². The van der Waals surface area contributed by atoms with Crippen LogP contribution in [0.25, 0.3) is 0 Å². The highest BCUT2D eigenvalue weighted by Gasteiger charge is 2.08. The van der Waals surface area contributed by atoms with E-state index < -0.39 is 4.92 Å². The van der Waals surface area contributed by atoms with Crippen molar-refractivity contribution >= 4 is 29.2 Å². The van der Waals surface area contributed by atoms with Gasteiger partial charge >= 0.3 is 0 Å². The zero-order valence-electron chi connectivity index (χ0n) is 12.5. The normalized spacial score (nSPS) is 12.5. The van der Waals surface area contributed by atoms with Crippen molar-refractivity contribution in [2.45, 2.75) is 26.2 Å². The second-order valence-electron chi connectivity index (χ2n) is 5.12. The van der Waals surface area contributed by atoms with Gasteiger partial charge in [-0.05, 0) is 36.1 Å². The van der Waals surface area contributed by atoms with Crippen LogP contribution in [0.5, 0.6) is 0 Å². The fraction of sp³-hybridized carbons (Fsp3) is 0.235. The first-order valence-corrected chi connectivity index (χ1v) is 7.47. The van der Waals surface area contributed by atoms with Crippen molar-refractivity contribution in [3.05, 3.63) is 68.7 Å². The summed E-state index contributed by atoms with van der Waals surface area (Å²) in [7, 11) is 0. The minimum Gasteiger partial charge on any atom is -0.258 e. The van der Waals surface area contributed by atoms with Crippen molar-refractivity contribution < 1.29 is 4.92 Å². The Kier molecular flexibility index (Phi) is 5.28. The summed E-state index contributed by atoms with van der Waals surface area (Å²) in [6.07, 6.45) is 2.64. The molecule has 0 aliphatic carbocycles. The van der Waals surface area contributed by atoms with Gasteiger partial charge in [0.05, 0.1) is 10.6 Å². The molecule has 2 aromatic rings. The Balaban J connectivity index is 2.21. The molecule has 0 radical (unpaired) electrons. The molecule has 4 nitrogen and oxygen atoms in total. The van der Waals surface area contributed by atoms with Gasteiger partial charge in [0.15, 0.2) is 0 Å². The molecule has 0 aliphatic rings. The summed E-state index contributed by atoms with van der Waals surface area (Å²) in [6.45, 7) is 4.34. The van der Waals surface area contributed by atoms with E-state index in [2.05, 4.69) is 31.0 Å². The molecule has 2 aromatic carbocycles. The second-order valence-corrected chi connectivity index (χ2v) is 5.53. The summed E-state index contributed by atoms with van der Waals surface area (Å²) in [4.78, 5) is 14.7. The zero-order chi connectivity index (χ0) is 16.1. The smallest absolute Gasteiger partial charge is 0.258 e. The lowest BCUT2D eigenvalue weighted by molar-refractivity contribution is -0.384. The van der Waals surface area contributed by atoms with Gasteiger partial charge in [-0.15, -0.1) is 0 Å². The van der Waals surface area contributed by atoms with Crippen molar-refractivity contribution in [1.29, 1.82) is 0 Å². The Labute approximate surface area is 134 Å². The van der Waals surface area contributed by atoms with E-state index >= 15 is 0 Å². The van der Waals surface area contributed by atoms with E-state index in [1.807, 2.05) is 12.1 Å². The lowest BCUT2D eigenvalue weighted by atomic mass is 9.99. The third-order valence-electron chi connectivity index (χ3n) is 3.62. The molecule has 0 N–H and O–H groups in total. The van der Waals surface area contributed by atoms with E-state index in [4.69, 9.17) is 11.6 Å². The van der Waals surface area contributed by atoms with E-state index in [0.29, 0.717) is 16.5 Å². The Morgan fingerprint density at radius 3 is 2.55 bits per heavy atom. The van der Waals surface area contributed by atoms with Crippen LogP contribution in [0.4, 0.5) is 11.4 Å². The van der Waals surface area contributed by atoms with E-state index in [1.165, 1.54) is 23.8 Å². The molecule has 0 heterocycles. The van der Waals surface area contributed by atoms with Crippen LogP contribution in [0, 0.1) is 10.1 Å². The molecule has 0 bridgehead atoms. The first-order valence-electron chi connectivity index (χ1n) is 7.09. The third kappa shape index (κ3) is 3.92. The Hall–Kier alpha value is -2.20. The molecule has 0 amide bonds. The highest BCUT2D eigenvalue weighted by Crippen LogP contribution is 2.23. The van der Waals surface area contributed by atoms with E-state index in [1.54, 1.807) is 6.21 Å². The average Bonchev–Trinajstić information content (AvgIpc) is 2.53. The van der Waals surface area contributed by atoms with Gasteiger partial charge in [0, 0.05) is 28.9 Å². The summed E-state index contributed by atoms with van der Waals surface area (Å²) in [5.41, 5.74) is 2.59. The van der Waals surface area contributed by atoms with Crippen LogP contribution in [-0.4, -0.2) is 11.1 Å². The molecule has 0 saturated carbocycles. The topological polar surface area (TPSA) is 55.5 Å². The summed E-state index contributed by atoms with van der Waals surface area (Å²) in [5.74, 6) is 0.518. The average molecular weight is 317 g/mol. The molecule has 5 heteroatoms. The fourth-order valence-corrected chi connectivity index (χ4v) is 2.18. The minimum atomic E-state index is -0.450. The van der Waals surface area contributed by atoms with Crippen LogP contribution >= 0.6 is 11.6 Å². The number of hydrogen-bond acceptors (Lipinski definition) is 3. The number of nitro groups is 1. The van der Waals surface area contributed by atoms with Crippen LogP contribution < -0.4 is 0 Å². The highest BCUT2D eigenvalue weighted by molar-refractivity contribution is 6.33. The first kappa shape index (κ1) is 16.2.